The highest BCUT2D eigenvalue weighted by Crippen LogP contribution is 2.32. The van der Waals surface area contributed by atoms with Gasteiger partial charge in [0, 0.05) is 6.07 Å². The van der Waals surface area contributed by atoms with Gasteiger partial charge in [0.15, 0.2) is 0 Å². The van der Waals surface area contributed by atoms with Crippen LogP contribution in [0.15, 0.2) is 11.2 Å². The summed E-state index contributed by atoms with van der Waals surface area (Å²) >= 11 is 0. The maximum atomic E-state index is 12.3. The van der Waals surface area contributed by atoms with Gasteiger partial charge in [0.05, 0.1) is 6.04 Å². The second kappa shape index (κ2) is 5.73. The Morgan fingerprint density at radius 1 is 1.20 bits per heavy atom. The molecule has 1 heterocycles. The number of nitroso groups, excluding NO2 is 1. The van der Waals surface area contributed by atoms with Gasteiger partial charge in [0.25, 0.3) is 0 Å². The minimum absolute atomic E-state index is 0.0158. The van der Waals surface area contributed by atoms with Crippen molar-refractivity contribution < 1.29 is 9.53 Å². The zero-order valence-corrected chi connectivity index (χ0v) is 11.5. The SMILES string of the molecule is O=Nc1cc(C(=O)OC2CCCC2)n(C2CCCC2)n1. The van der Waals surface area contributed by atoms with Crippen LogP contribution in [-0.2, 0) is 4.74 Å². The largest absolute Gasteiger partial charge is 0.458 e. The Kier molecular flexibility index (Phi) is 3.80. The Bertz CT molecular complexity index is 500. The first-order valence-electron chi connectivity index (χ1n) is 7.42. The summed E-state index contributed by atoms with van der Waals surface area (Å²) in [5, 5.41) is 6.99. The average Bonchev–Trinajstić information content (AvgIpc) is 3.19. The molecule has 0 unspecified atom stereocenters. The monoisotopic (exact) mass is 277 g/mol. The Morgan fingerprint density at radius 2 is 1.85 bits per heavy atom. The van der Waals surface area contributed by atoms with Crippen LogP contribution in [0.1, 0.15) is 67.9 Å². The molecule has 6 nitrogen and oxygen atoms in total. The standard InChI is InChI=1S/C14H19N3O3/c18-14(20-11-7-3-4-8-11)12-9-13(16-19)15-17(12)10-5-1-2-6-10/h9-11H,1-8H2. The zero-order chi connectivity index (χ0) is 13.9. The van der Waals surface area contributed by atoms with Gasteiger partial charge in [-0.3, -0.25) is 4.68 Å². The average molecular weight is 277 g/mol. The Hall–Kier alpha value is -1.72. The van der Waals surface area contributed by atoms with Crippen molar-refractivity contribution in [2.24, 2.45) is 5.18 Å². The fourth-order valence-electron chi connectivity index (χ4n) is 3.22. The predicted molar refractivity (Wildman–Crippen MR) is 72.9 cm³/mol. The van der Waals surface area contributed by atoms with Crippen LogP contribution in [0.25, 0.3) is 0 Å². The highest BCUT2D eigenvalue weighted by atomic mass is 16.5. The number of carbonyl (C=O) groups is 1. The first-order valence-corrected chi connectivity index (χ1v) is 7.42. The fourth-order valence-corrected chi connectivity index (χ4v) is 3.22. The maximum Gasteiger partial charge on any atom is 0.356 e. The van der Waals surface area contributed by atoms with Crippen molar-refractivity contribution in [1.82, 2.24) is 9.78 Å². The van der Waals surface area contributed by atoms with E-state index in [0.717, 1.165) is 51.4 Å². The van der Waals surface area contributed by atoms with Gasteiger partial charge in [0.1, 0.15) is 11.8 Å². The summed E-state index contributed by atoms with van der Waals surface area (Å²) in [7, 11) is 0. The third kappa shape index (κ3) is 2.59. The normalized spacial score (nSPS) is 20.4. The molecule has 2 fully saturated rings. The summed E-state index contributed by atoms with van der Waals surface area (Å²) in [5.74, 6) is -0.304. The number of nitrogens with zero attached hydrogens (tertiary/aromatic N) is 3. The van der Waals surface area contributed by atoms with E-state index in [2.05, 4.69) is 10.3 Å². The van der Waals surface area contributed by atoms with Gasteiger partial charge >= 0.3 is 5.97 Å². The fraction of sp³-hybridized carbons (Fsp3) is 0.714. The quantitative estimate of drug-likeness (QED) is 0.623. The summed E-state index contributed by atoms with van der Waals surface area (Å²) in [6.45, 7) is 0. The molecule has 20 heavy (non-hydrogen) atoms. The molecule has 2 aliphatic carbocycles. The van der Waals surface area contributed by atoms with Crippen molar-refractivity contribution in [3.05, 3.63) is 16.7 Å². The van der Waals surface area contributed by atoms with Gasteiger partial charge in [-0.25, -0.2) is 4.79 Å². The number of hydrogen-bond acceptors (Lipinski definition) is 5. The number of esters is 1. The van der Waals surface area contributed by atoms with Crippen LogP contribution in [0.5, 0.6) is 0 Å². The molecule has 2 aliphatic rings. The van der Waals surface area contributed by atoms with E-state index in [-0.39, 0.29) is 23.9 Å². The second-order valence-corrected chi connectivity index (χ2v) is 5.67. The van der Waals surface area contributed by atoms with Crippen LogP contribution in [-0.4, -0.2) is 21.9 Å². The van der Waals surface area contributed by atoms with Gasteiger partial charge in [0.2, 0.25) is 5.82 Å². The van der Waals surface area contributed by atoms with Crippen LogP contribution < -0.4 is 0 Å². The molecule has 0 radical (unpaired) electrons. The molecular formula is C14H19N3O3. The minimum Gasteiger partial charge on any atom is -0.458 e. The van der Waals surface area contributed by atoms with Crippen LogP contribution in [0.4, 0.5) is 5.82 Å². The lowest BCUT2D eigenvalue weighted by Crippen LogP contribution is -2.20. The van der Waals surface area contributed by atoms with E-state index in [1.807, 2.05) is 0 Å². The number of hydrogen-bond donors (Lipinski definition) is 0. The minimum atomic E-state index is -0.369. The topological polar surface area (TPSA) is 73.6 Å². The molecule has 1 aromatic heterocycles. The smallest absolute Gasteiger partial charge is 0.356 e. The van der Waals surface area contributed by atoms with Gasteiger partial charge in [-0.05, 0) is 43.7 Å². The molecule has 1 aromatic rings. The van der Waals surface area contributed by atoms with E-state index in [1.54, 1.807) is 4.68 Å². The van der Waals surface area contributed by atoms with Crippen LogP contribution in [0, 0.1) is 4.91 Å². The van der Waals surface area contributed by atoms with E-state index < -0.39 is 0 Å². The van der Waals surface area contributed by atoms with E-state index in [9.17, 15) is 9.70 Å². The molecule has 0 amide bonds. The van der Waals surface area contributed by atoms with E-state index in [1.165, 1.54) is 6.07 Å². The summed E-state index contributed by atoms with van der Waals surface area (Å²) in [5.41, 5.74) is 0.374. The summed E-state index contributed by atoms with van der Waals surface area (Å²) in [6.07, 6.45) is 8.35. The molecule has 0 bridgehead atoms. The molecule has 0 saturated heterocycles. The molecule has 2 saturated carbocycles. The third-order valence-electron chi connectivity index (χ3n) is 4.27. The Labute approximate surface area is 117 Å². The van der Waals surface area contributed by atoms with Crippen molar-refractivity contribution in [2.75, 3.05) is 0 Å². The van der Waals surface area contributed by atoms with E-state index in [4.69, 9.17) is 4.74 Å². The van der Waals surface area contributed by atoms with Gasteiger partial charge in [-0.1, -0.05) is 12.8 Å². The van der Waals surface area contributed by atoms with Gasteiger partial charge in [-0.2, -0.15) is 0 Å². The van der Waals surface area contributed by atoms with Crippen molar-refractivity contribution in [3.8, 4) is 0 Å². The van der Waals surface area contributed by atoms with E-state index >= 15 is 0 Å². The van der Waals surface area contributed by atoms with E-state index in [0.29, 0.717) is 5.69 Å². The van der Waals surface area contributed by atoms with Crippen molar-refractivity contribution in [2.45, 2.75) is 63.5 Å². The Balaban J connectivity index is 1.80. The lowest BCUT2D eigenvalue weighted by atomic mass is 10.2. The predicted octanol–water partition coefficient (Wildman–Crippen LogP) is 3.50. The number of rotatable bonds is 4. The molecule has 0 spiro atoms. The third-order valence-corrected chi connectivity index (χ3v) is 4.27. The van der Waals surface area contributed by atoms with Crippen LogP contribution in [0.2, 0.25) is 0 Å². The molecule has 0 N–H and O–H groups in total. The Morgan fingerprint density at radius 3 is 2.50 bits per heavy atom. The lowest BCUT2D eigenvalue weighted by Gasteiger charge is -2.15. The molecular weight excluding hydrogens is 258 g/mol. The van der Waals surface area contributed by atoms with Crippen LogP contribution >= 0.6 is 0 Å². The van der Waals surface area contributed by atoms with Crippen LogP contribution in [0.3, 0.4) is 0 Å². The molecule has 0 aliphatic heterocycles. The number of carbonyl (C=O) groups excluding carboxylic acids is 1. The summed E-state index contributed by atoms with van der Waals surface area (Å²) < 4.78 is 7.17. The zero-order valence-electron chi connectivity index (χ0n) is 11.5. The second-order valence-electron chi connectivity index (χ2n) is 5.67. The summed E-state index contributed by atoms with van der Waals surface area (Å²) in [6, 6.07) is 1.64. The van der Waals surface area contributed by atoms with Crippen molar-refractivity contribution in [3.63, 3.8) is 0 Å². The molecule has 0 atom stereocenters. The van der Waals surface area contributed by atoms with Gasteiger partial charge < -0.3 is 4.74 Å². The molecule has 6 heteroatoms. The lowest BCUT2D eigenvalue weighted by molar-refractivity contribution is 0.0300. The summed E-state index contributed by atoms with van der Waals surface area (Å²) in [4.78, 5) is 23.0. The molecule has 0 aromatic carbocycles. The van der Waals surface area contributed by atoms with Crippen molar-refractivity contribution >= 4 is 11.8 Å². The first kappa shape index (κ1) is 13.3. The molecule has 3 rings (SSSR count). The number of ether oxygens (including phenoxy) is 1. The van der Waals surface area contributed by atoms with Gasteiger partial charge in [-0.15, -0.1) is 10.0 Å². The molecule has 108 valence electrons. The maximum absolute atomic E-state index is 12.3. The number of aromatic nitrogens is 2. The highest BCUT2D eigenvalue weighted by Gasteiger charge is 2.27. The first-order chi connectivity index (χ1) is 9.78. The highest BCUT2D eigenvalue weighted by molar-refractivity contribution is 5.88. The van der Waals surface area contributed by atoms with Crippen molar-refractivity contribution in [1.29, 1.82) is 0 Å².